The third-order valence-electron chi connectivity index (χ3n) is 2.16. The molecule has 1 aromatic heterocycles. The van der Waals surface area contributed by atoms with Crippen molar-refractivity contribution in [1.82, 2.24) is 5.43 Å². The second kappa shape index (κ2) is 6.53. The van der Waals surface area contributed by atoms with Crippen LogP contribution in [0.1, 0.15) is 30.3 Å². The van der Waals surface area contributed by atoms with Gasteiger partial charge in [-0.25, -0.2) is 0 Å². The molecule has 15 heavy (non-hydrogen) atoms. The lowest BCUT2D eigenvalue weighted by Gasteiger charge is -2.15. The van der Waals surface area contributed by atoms with E-state index in [4.69, 9.17) is 5.84 Å². The van der Waals surface area contributed by atoms with Gasteiger partial charge in [-0.3, -0.25) is 11.3 Å². The standard InChI is InChI=1S/C11H20N2S2/c1-8(2)6-14-7-10(13-12)11-9(3)4-5-15-11/h4-5,8,10,13H,6-7,12H2,1-3H3. The van der Waals surface area contributed by atoms with E-state index in [1.807, 2.05) is 11.8 Å². The highest BCUT2D eigenvalue weighted by Gasteiger charge is 2.13. The van der Waals surface area contributed by atoms with Crippen LogP contribution in [0, 0.1) is 12.8 Å². The molecule has 0 aliphatic heterocycles. The summed E-state index contributed by atoms with van der Waals surface area (Å²) in [7, 11) is 0. The summed E-state index contributed by atoms with van der Waals surface area (Å²) < 4.78 is 0. The summed E-state index contributed by atoms with van der Waals surface area (Å²) in [6.45, 7) is 6.63. The first-order valence-electron chi connectivity index (χ1n) is 5.23. The first-order chi connectivity index (χ1) is 7.15. The van der Waals surface area contributed by atoms with Crippen LogP contribution in [0.25, 0.3) is 0 Å². The van der Waals surface area contributed by atoms with E-state index < -0.39 is 0 Å². The highest BCUT2D eigenvalue weighted by atomic mass is 32.2. The lowest BCUT2D eigenvalue weighted by Crippen LogP contribution is -2.29. The maximum atomic E-state index is 5.59. The lowest BCUT2D eigenvalue weighted by atomic mass is 10.2. The molecule has 0 bridgehead atoms. The normalized spacial score (nSPS) is 13.4. The van der Waals surface area contributed by atoms with E-state index in [0.29, 0.717) is 6.04 Å². The van der Waals surface area contributed by atoms with Crippen molar-refractivity contribution in [2.75, 3.05) is 11.5 Å². The Morgan fingerprint density at radius 3 is 2.67 bits per heavy atom. The van der Waals surface area contributed by atoms with Gasteiger partial charge in [-0.1, -0.05) is 13.8 Å². The van der Waals surface area contributed by atoms with Crippen molar-refractivity contribution < 1.29 is 0 Å². The van der Waals surface area contributed by atoms with Gasteiger partial charge in [0, 0.05) is 10.6 Å². The van der Waals surface area contributed by atoms with Crippen LogP contribution in [0.5, 0.6) is 0 Å². The van der Waals surface area contributed by atoms with Crippen molar-refractivity contribution in [2.24, 2.45) is 11.8 Å². The maximum absolute atomic E-state index is 5.59. The minimum absolute atomic E-state index is 0.300. The van der Waals surface area contributed by atoms with E-state index in [2.05, 4.69) is 37.6 Å². The Kier molecular flexibility index (Phi) is 5.68. The molecule has 1 aromatic rings. The van der Waals surface area contributed by atoms with Crippen molar-refractivity contribution in [1.29, 1.82) is 0 Å². The molecule has 1 atom stereocenters. The molecule has 0 saturated carbocycles. The number of hydrogen-bond donors (Lipinski definition) is 2. The highest BCUT2D eigenvalue weighted by molar-refractivity contribution is 7.99. The Morgan fingerprint density at radius 2 is 2.20 bits per heavy atom. The molecule has 86 valence electrons. The van der Waals surface area contributed by atoms with E-state index >= 15 is 0 Å². The van der Waals surface area contributed by atoms with Gasteiger partial charge in [0.2, 0.25) is 0 Å². The maximum Gasteiger partial charge on any atom is 0.0646 e. The number of thioether (sulfide) groups is 1. The zero-order chi connectivity index (χ0) is 11.3. The van der Waals surface area contributed by atoms with Crippen LogP contribution in [0.3, 0.4) is 0 Å². The predicted octanol–water partition coefficient (Wildman–Crippen LogP) is 2.95. The Balaban J connectivity index is 2.46. The number of aryl methyl sites for hydroxylation is 1. The van der Waals surface area contributed by atoms with Gasteiger partial charge in [-0.05, 0) is 35.6 Å². The Labute approximate surface area is 101 Å². The number of rotatable bonds is 6. The van der Waals surface area contributed by atoms with Gasteiger partial charge >= 0.3 is 0 Å². The molecule has 3 N–H and O–H groups in total. The van der Waals surface area contributed by atoms with E-state index in [1.54, 1.807) is 11.3 Å². The summed E-state index contributed by atoms with van der Waals surface area (Å²) in [5, 5.41) is 2.13. The molecule has 0 saturated heterocycles. The molecule has 2 nitrogen and oxygen atoms in total. The largest absolute Gasteiger partial charge is 0.271 e. The van der Waals surface area contributed by atoms with Crippen molar-refractivity contribution in [3.8, 4) is 0 Å². The van der Waals surface area contributed by atoms with E-state index in [9.17, 15) is 0 Å². The zero-order valence-electron chi connectivity index (χ0n) is 9.62. The first kappa shape index (κ1) is 13.0. The quantitative estimate of drug-likeness (QED) is 0.597. The van der Waals surface area contributed by atoms with Crippen LogP contribution in [-0.4, -0.2) is 11.5 Å². The van der Waals surface area contributed by atoms with E-state index in [1.165, 1.54) is 16.2 Å². The minimum atomic E-state index is 0.300. The number of hydrogen-bond acceptors (Lipinski definition) is 4. The summed E-state index contributed by atoms with van der Waals surface area (Å²) in [4.78, 5) is 1.37. The fourth-order valence-corrected chi connectivity index (χ4v) is 3.56. The van der Waals surface area contributed by atoms with E-state index in [-0.39, 0.29) is 0 Å². The molecular weight excluding hydrogens is 224 g/mol. The SMILES string of the molecule is Cc1ccsc1C(CSCC(C)C)NN. The molecule has 4 heteroatoms. The van der Waals surface area contributed by atoms with Gasteiger partial charge in [0.1, 0.15) is 0 Å². The highest BCUT2D eigenvalue weighted by Crippen LogP contribution is 2.26. The number of nitrogens with two attached hydrogens (primary N) is 1. The molecule has 0 aromatic carbocycles. The van der Waals surface area contributed by atoms with Crippen LogP contribution in [0.2, 0.25) is 0 Å². The van der Waals surface area contributed by atoms with Gasteiger partial charge in [-0.2, -0.15) is 11.8 Å². The van der Waals surface area contributed by atoms with Crippen molar-refractivity contribution in [3.05, 3.63) is 21.9 Å². The average molecular weight is 244 g/mol. The van der Waals surface area contributed by atoms with Gasteiger partial charge in [0.05, 0.1) is 6.04 Å². The molecule has 0 spiro atoms. The van der Waals surface area contributed by atoms with Crippen molar-refractivity contribution in [2.45, 2.75) is 26.8 Å². The van der Waals surface area contributed by atoms with Gasteiger partial charge < -0.3 is 0 Å². The van der Waals surface area contributed by atoms with E-state index in [0.717, 1.165) is 11.7 Å². The Morgan fingerprint density at radius 1 is 1.47 bits per heavy atom. The summed E-state index contributed by atoms with van der Waals surface area (Å²) in [6.07, 6.45) is 0. The van der Waals surface area contributed by atoms with Crippen molar-refractivity contribution in [3.63, 3.8) is 0 Å². The third-order valence-corrected chi connectivity index (χ3v) is 4.76. The van der Waals surface area contributed by atoms with Crippen LogP contribution in [-0.2, 0) is 0 Å². The minimum Gasteiger partial charge on any atom is -0.271 e. The second-order valence-electron chi connectivity index (χ2n) is 4.12. The average Bonchev–Trinajstić information content (AvgIpc) is 2.59. The summed E-state index contributed by atoms with van der Waals surface area (Å²) in [6, 6.07) is 2.45. The first-order valence-corrected chi connectivity index (χ1v) is 7.26. The molecule has 0 radical (unpaired) electrons. The molecule has 0 aliphatic carbocycles. The van der Waals surface area contributed by atoms with Gasteiger partial charge in [0.15, 0.2) is 0 Å². The lowest BCUT2D eigenvalue weighted by molar-refractivity contribution is 0.616. The predicted molar refractivity (Wildman–Crippen MR) is 71.3 cm³/mol. The van der Waals surface area contributed by atoms with Crippen LogP contribution < -0.4 is 11.3 Å². The second-order valence-corrected chi connectivity index (χ2v) is 6.14. The molecular formula is C11H20N2S2. The van der Waals surface area contributed by atoms with Gasteiger partial charge in [-0.15, -0.1) is 11.3 Å². The van der Waals surface area contributed by atoms with Crippen LogP contribution >= 0.6 is 23.1 Å². The molecule has 0 aliphatic rings. The summed E-state index contributed by atoms with van der Waals surface area (Å²) in [5.74, 6) is 8.59. The fraction of sp³-hybridized carbons (Fsp3) is 0.636. The number of thiophene rings is 1. The Hall–Kier alpha value is -0.0300. The summed E-state index contributed by atoms with van der Waals surface area (Å²) in [5.41, 5.74) is 4.25. The third kappa shape index (κ3) is 4.15. The topological polar surface area (TPSA) is 38.0 Å². The van der Waals surface area contributed by atoms with Crippen molar-refractivity contribution >= 4 is 23.1 Å². The number of nitrogens with one attached hydrogen (secondary N) is 1. The van der Waals surface area contributed by atoms with Crippen LogP contribution in [0.15, 0.2) is 11.4 Å². The molecule has 1 rings (SSSR count). The molecule has 0 amide bonds. The number of hydrazine groups is 1. The smallest absolute Gasteiger partial charge is 0.0646 e. The van der Waals surface area contributed by atoms with Crippen LogP contribution in [0.4, 0.5) is 0 Å². The molecule has 1 unspecified atom stereocenters. The Bertz CT molecular complexity index is 284. The zero-order valence-corrected chi connectivity index (χ0v) is 11.3. The fourth-order valence-electron chi connectivity index (χ4n) is 1.36. The van der Waals surface area contributed by atoms with Gasteiger partial charge in [0.25, 0.3) is 0 Å². The molecule has 0 fully saturated rings. The molecule has 1 heterocycles. The summed E-state index contributed by atoms with van der Waals surface area (Å²) >= 11 is 3.75. The monoisotopic (exact) mass is 244 g/mol.